The summed E-state index contributed by atoms with van der Waals surface area (Å²) in [6, 6.07) is -0.821. The van der Waals surface area contributed by atoms with E-state index in [9.17, 15) is 30.3 Å². The molecule has 6 N–H and O–H groups in total. The molecular weight excluding hydrogens is 899 g/mol. The number of ether oxygens (including phenoxy) is 2. The first-order valence-corrected chi connectivity index (χ1v) is 30.9. The largest absolute Gasteiger partial charge is 0.394 e. The number of hydrogen-bond acceptors (Lipinski definition) is 8. The van der Waals surface area contributed by atoms with Crippen molar-refractivity contribution >= 4 is 5.91 Å². The number of nitrogens with one attached hydrogen (secondary N) is 1. The van der Waals surface area contributed by atoms with Gasteiger partial charge >= 0.3 is 0 Å². The van der Waals surface area contributed by atoms with Gasteiger partial charge in [0.05, 0.1) is 25.4 Å². The van der Waals surface area contributed by atoms with Crippen LogP contribution in [0.3, 0.4) is 0 Å². The first-order valence-electron chi connectivity index (χ1n) is 30.9. The fourth-order valence-electron chi connectivity index (χ4n) is 9.73. The lowest BCUT2D eigenvalue weighted by atomic mass is 9.99. The Labute approximate surface area is 444 Å². The van der Waals surface area contributed by atoms with E-state index >= 15 is 0 Å². The predicted molar refractivity (Wildman–Crippen MR) is 304 cm³/mol. The lowest BCUT2D eigenvalue weighted by Crippen LogP contribution is -2.60. The highest BCUT2D eigenvalue weighted by molar-refractivity contribution is 5.76. The third kappa shape index (κ3) is 41.4. The Bertz CT molecular complexity index is 1270. The molecule has 7 unspecified atom stereocenters. The quantitative estimate of drug-likeness (QED) is 0.0261. The minimum atomic E-state index is -1.57. The van der Waals surface area contributed by atoms with Gasteiger partial charge in [-0.15, -0.1) is 0 Å². The second kappa shape index (κ2) is 52.6. The van der Waals surface area contributed by atoms with E-state index in [0.29, 0.717) is 6.42 Å². The maximum atomic E-state index is 13.0. The van der Waals surface area contributed by atoms with E-state index in [1.807, 2.05) is 6.08 Å². The zero-order valence-electron chi connectivity index (χ0n) is 46.9. The van der Waals surface area contributed by atoms with Gasteiger partial charge in [0.2, 0.25) is 5.91 Å². The minimum Gasteiger partial charge on any atom is -0.394 e. The molecule has 1 fully saturated rings. The third-order valence-corrected chi connectivity index (χ3v) is 14.6. The van der Waals surface area contributed by atoms with Crippen molar-refractivity contribution in [1.29, 1.82) is 0 Å². The smallest absolute Gasteiger partial charge is 0.220 e. The number of rotatable bonds is 53. The molecule has 0 radical (unpaired) electrons. The molecule has 9 nitrogen and oxygen atoms in total. The minimum absolute atomic E-state index is 0.185. The number of hydrogen-bond donors (Lipinski definition) is 6. The van der Waals surface area contributed by atoms with Crippen LogP contribution in [0.4, 0.5) is 0 Å². The molecule has 422 valence electrons. The zero-order valence-corrected chi connectivity index (χ0v) is 46.9. The number of aliphatic hydroxyl groups excluding tert-OH is 5. The van der Waals surface area contributed by atoms with Gasteiger partial charge in [0, 0.05) is 6.42 Å². The number of unbranched alkanes of at least 4 members (excludes halogenated alkanes) is 37. The van der Waals surface area contributed by atoms with Gasteiger partial charge in [-0.2, -0.15) is 0 Å². The second-order valence-corrected chi connectivity index (χ2v) is 21.5. The molecular formula is C63H117NO8. The Hall–Kier alpha value is -1.85. The molecule has 0 spiro atoms. The molecule has 1 rings (SSSR count). The monoisotopic (exact) mass is 1020 g/mol. The fraction of sp³-hybridized carbons (Fsp3) is 0.857. The summed E-state index contributed by atoms with van der Waals surface area (Å²) in [5.74, 6) is -0.185. The first-order chi connectivity index (χ1) is 35.3. The summed E-state index contributed by atoms with van der Waals surface area (Å²) in [4.78, 5) is 13.0. The average Bonchev–Trinajstić information content (AvgIpc) is 3.38. The van der Waals surface area contributed by atoms with Crippen molar-refractivity contribution in [2.24, 2.45) is 0 Å². The third-order valence-electron chi connectivity index (χ3n) is 14.6. The van der Waals surface area contributed by atoms with Crippen LogP contribution in [-0.4, -0.2) is 87.5 Å². The van der Waals surface area contributed by atoms with Crippen LogP contribution in [0.25, 0.3) is 0 Å². The molecule has 0 aliphatic carbocycles. The van der Waals surface area contributed by atoms with Crippen LogP contribution in [-0.2, 0) is 14.3 Å². The van der Waals surface area contributed by atoms with Crippen molar-refractivity contribution in [1.82, 2.24) is 5.32 Å². The molecule has 1 amide bonds. The molecule has 9 heteroatoms. The summed E-state index contributed by atoms with van der Waals surface area (Å²) in [6.45, 7) is 3.77. The van der Waals surface area contributed by atoms with Crippen molar-refractivity contribution in [3.05, 3.63) is 48.6 Å². The van der Waals surface area contributed by atoms with Gasteiger partial charge in [-0.3, -0.25) is 4.79 Å². The SMILES string of the molecule is CCCCCCCCCC/C=C/CC/C=C/C(O)C(COC1OC(CO)C(O)C(O)C1O)NC(=O)CCCCCCCCCCCCCCCCCCC/C=C\C/C=C\CCCCCCCCCCCCC. The van der Waals surface area contributed by atoms with Gasteiger partial charge in [0.1, 0.15) is 24.4 Å². The van der Waals surface area contributed by atoms with E-state index in [-0.39, 0.29) is 12.5 Å². The Kier molecular flexibility index (Phi) is 49.8. The normalized spacial score (nSPS) is 19.5. The molecule has 0 bridgehead atoms. The van der Waals surface area contributed by atoms with Crippen LogP contribution in [0.15, 0.2) is 48.6 Å². The molecule has 0 saturated carbocycles. The van der Waals surface area contributed by atoms with Crippen molar-refractivity contribution < 1.29 is 39.8 Å². The Morgan fingerprint density at radius 2 is 0.833 bits per heavy atom. The van der Waals surface area contributed by atoms with Gasteiger partial charge in [0.15, 0.2) is 6.29 Å². The number of allylic oxidation sites excluding steroid dienone is 7. The van der Waals surface area contributed by atoms with Gasteiger partial charge < -0.3 is 40.3 Å². The molecule has 0 aromatic heterocycles. The van der Waals surface area contributed by atoms with E-state index in [4.69, 9.17) is 9.47 Å². The van der Waals surface area contributed by atoms with Crippen LogP contribution < -0.4 is 5.32 Å². The van der Waals surface area contributed by atoms with Crippen molar-refractivity contribution in [2.45, 2.75) is 333 Å². The van der Waals surface area contributed by atoms with Crippen molar-refractivity contribution in [2.75, 3.05) is 13.2 Å². The van der Waals surface area contributed by atoms with E-state index < -0.39 is 49.5 Å². The van der Waals surface area contributed by atoms with Gasteiger partial charge in [-0.25, -0.2) is 0 Å². The fourth-order valence-corrected chi connectivity index (χ4v) is 9.73. The molecule has 0 aromatic carbocycles. The Morgan fingerprint density at radius 3 is 1.25 bits per heavy atom. The Balaban J connectivity index is 2.10. The first kappa shape index (κ1) is 68.2. The van der Waals surface area contributed by atoms with E-state index in [1.54, 1.807) is 6.08 Å². The summed E-state index contributed by atoms with van der Waals surface area (Å²) in [6.07, 6.45) is 63.5. The summed E-state index contributed by atoms with van der Waals surface area (Å²) < 4.78 is 11.2. The van der Waals surface area contributed by atoms with Crippen molar-refractivity contribution in [3.8, 4) is 0 Å². The van der Waals surface area contributed by atoms with Crippen LogP contribution in [0.1, 0.15) is 290 Å². The topological polar surface area (TPSA) is 149 Å². The summed E-state index contributed by atoms with van der Waals surface area (Å²) in [5, 5.41) is 54.4. The number of carbonyl (C=O) groups excluding carboxylic acids is 1. The lowest BCUT2D eigenvalue weighted by molar-refractivity contribution is -0.302. The number of carbonyl (C=O) groups is 1. The highest BCUT2D eigenvalue weighted by Gasteiger charge is 2.44. The van der Waals surface area contributed by atoms with Gasteiger partial charge in [0.25, 0.3) is 0 Å². The van der Waals surface area contributed by atoms with Gasteiger partial charge in [-0.05, 0) is 64.2 Å². The van der Waals surface area contributed by atoms with Crippen molar-refractivity contribution in [3.63, 3.8) is 0 Å². The van der Waals surface area contributed by atoms with E-state index in [1.165, 1.54) is 225 Å². The maximum absolute atomic E-state index is 13.0. The van der Waals surface area contributed by atoms with E-state index in [2.05, 4.69) is 55.6 Å². The second-order valence-electron chi connectivity index (χ2n) is 21.5. The Morgan fingerprint density at radius 1 is 0.472 bits per heavy atom. The highest BCUT2D eigenvalue weighted by Crippen LogP contribution is 2.23. The number of amides is 1. The van der Waals surface area contributed by atoms with Crippen LogP contribution in [0.5, 0.6) is 0 Å². The van der Waals surface area contributed by atoms with Crippen LogP contribution in [0.2, 0.25) is 0 Å². The molecule has 1 aliphatic heterocycles. The molecule has 0 aromatic rings. The summed E-state index contributed by atoms with van der Waals surface area (Å²) in [5.41, 5.74) is 0. The summed E-state index contributed by atoms with van der Waals surface area (Å²) in [7, 11) is 0. The average molecular weight is 1020 g/mol. The van der Waals surface area contributed by atoms with Crippen LogP contribution >= 0.6 is 0 Å². The molecule has 72 heavy (non-hydrogen) atoms. The van der Waals surface area contributed by atoms with Gasteiger partial charge in [-0.1, -0.05) is 268 Å². The number of aliphatic hydroxyl groups is 5. The predicted octanol–water partition coefficient (Wildman–Crippen LogP) is 15.7. The zero-order chi connectivity index (χ0) is 52.2. The maximum Gasteiger partial charge on any atom is 0.220 e. The molecule has 7 atom stereocenters. The molecule has 1 heterocycles. The molecule has 1 saturated heterocycles. The standard InChI is InChI=1S/C63H117NO8/c1-3-5-7-9-11-13-15-17-19-20-21-22-23-24-25-26-27-28-29-30-31-32-33-34-35-36-37-38-39-41-43-45-47-49-51-53-59(67)64-56(55-71-63-62(70)61(69)60(68)58(54-65)72-63)57(66)52-50-48-46-44-42-40-18-16-14-12-10-8-6-4-2/h23-24,26-27,42,44,50,52,56-58,60-63,65-66,68-70H,3-22,25,28-41,43,45-49,51,53-55H2,1-2H3,(H,64,67)/b24-23-,27-26-,44-42+,52-50+. The van der Waals surface area contributed by atoms with E-state index in [0.717, 1.165) is 44.9 Å². The lowest BCUT2D eigenvalue weighted by Gasteiger charge is -2.40. The molecule has 1 aliphatic rings. The summed E-state index contributed by atoms with van der Waals surface area (Å²) >= 11 is 0. The van der Waals surface area contributed by atoms with Crippen LogP contribution in [0, 0.1) is 0 Å². The highest BCUT2D eigenvalue weighted by atomic mass is 16.7.